The Balaban J connectivity index is 1.94. The maximum Gasteiger partial charge on any atom is 0.158 e. The fourth-order valence-corrected chi connectivity index (χ4v) is 2.58. The summed E-state index contributed by atoms with van der Waals surface area (Å²) >= 11 is 3.30. The van der Waals surface area contributed by atoms with Crippen LogP contribution in [0.4, 0.5) is 4.39 Å². The van der Waals surface area contributed by atoms with Crippen LogP contribution < -0.4 is 0 Å². The lowest BCUT2D eigenvalue weighted by Gasteiger charge is -2.08. The summed E-state index contributed by atoms with van der Waals surface area (Å²) in [6.07, 6.45) is 5.31. The van der Waals surface area contributed by atoms with Gasteiger partial charge in [0.25, 0.3) is 0 Å². The van der Waals surface area contributed by atoms with Crippen LogP contribution in [0.5, 0.6) is 0 Å². The highest BCUT2D eigenvalue weighted by Gasteiger charge is 2.08. The van der Waals surface area contributed by atoms with E-state index < -0.39 is 0 Å². The normalized spacial score (nSPS) is 10.7. The average molecular weight is 332 g/mol. The number of nitrogens with zero attached hydrogens (tertiary/aromatic N) is 3. The molecule has 0 saturated carbocycles. The molecule has 0 saturated heterocycles. The summed E-state index contributed by atoms with van der Waals surface area (Å²) in [5, 5.41) is 0. The Kier molecular flexibility index (Phi) is 3.60. The van der Waals surface area contributed by atoms with Gasteiger partial charge in [0.05, 0.1) is 0 Å². The highest BCUT2D eigenvalue weighted by Crippen LogP contribution is 2.19. The van der Waals surface area contributed by atoms with E-state index >= 15 is 0 Å². The molecule has 0 spiro atoms. The number of imidazole rings is 1. The van der Waals surface area contributed by atoms with Crippen LogP contribution >= 0.6 is 15.9 Å². The van der Waals surface area contributed by atoms with Gasteiger partial charge in [0, 0.05) is 29.6 Å². The molecule has 100 valence electrons. The fourth-order valence-electron chi connectivity index (χ4n) is 2.06. The summed E-state index contributed by atoms with van der Waals surface area (Å²) in [5.74, 6) is 0.514. The highest BCUT2D eigenvalue weighted by atomic mass is 79.9. The molecule has 0 aliphatic rings. The number of halogens is 2. The Labute approximate surface area is 124 Å². The van der Waals surface area contributed by atoms with E-state index in [1.54, 1.807) is 12.4 Å². The number of benzene rings is 1. The van der Waals surface area contributed by atoms with Crippen LogP contribution in [0.3, 0.4) is 0 Å². The van der Waals surface area contributed by atoms with Gasteiger partial charge < -0.3 is 4.57 Å². The minimum absolute atomic E-state index is 0.256. The molecular formula is C15H11BrFN3. The zero-order valence-corrected chi connectivity index (χ0v) is 12.1. The van der Waals surface area contributed by atoms with E-state index in [0.717, 1.165) is 21.6 Å². The number of aromatic nitrogens is 3. The first kappa shape index (κ1) is 13.0. The van der Waals surface area contributed by atoms with Crippen LogP contribution in [0.2, 0.25) is 0 Å². The van der Waals surface area contributed by atoms with Crippen LogP contribution in [0.1, 0.15) is 5.56 Å². The van der Waals surface area contributed by atoms with Crippen molar-refractivity contribution in [3.8, 4) is 11.5 Å². The standard InChI is InChI=1S/C15H11BrFN3/c16-12-7-11(8-13(17)9-12)10-20-6-5-19-15(20)14-3-1-2-4-18-14/h1-9H,10H2. The molecule has 20 heavy (non-hydrogen) atoms. The Morgan fingerprint density at radius 1 is 1.10 bits per heavy atom. The molecule has 0 N–H and O–H groups in total. The number of hydrogen-bond donors (Lipinski definition) is 0. The largest absolute Gasteiger partial charge is 0.325 e. The molecule has 0 unspecified atom stereocenters. The van der Waals surface area contributed by atoms with Crippen molar-refractivity contribution in [1.29, 1.82) is 0 Å². The van der Waals surface area contributed by atoms with Crippen molar-refractivity contribution in [1.82, 2.24) is 14.5 Å². The second-order valence-electron chi connectivity index (χ2n) is 4.37. The van der Waals surface area contributed by atoms with E-state index in [1.807, 2.05) is 35.0 Å². The maximum atomic E-state index is 13.4. The predicted molar refractivity (Wildman–Crippen MR) is 78.7 cm³/mol. The molecule has 0 bridgehead atoms. The molecule has 0 fully saturated rings. The Bertz CT molecular complexity index is 705. The number of pyridine rings is 1. The molecular weight excluding hydrogens is 321 g/mol. The number of hydrogen-bond acceptors (Lipinski definition) is 2. The molecule has 2 heterocycles. The van der Waals surface area contributed by atoms with Crippen molar-refractivity contribution < 1.29 is 4.39 Å². The zero-order valence-electron chi connectivity index (χ0n) is 10.5. The van der Waals surface area contributed by atoms with Crippen molar-refractivity contribution in [2.75, 3.05) is 0 Å². The van der Waals surface area contributed by atoms with E-state index in [9.17, 15) is 4.39 Å². The third-order valence-corrected chi connectivity index (χ3v) is 3.34. The molecule has 3 nitrogen and oxygen atoms in total. The van der Waals surface area contributed by atoms with Crippen LogP contribution in [0.25, 0.3) is 11.5 Å². The third-order valence-electron chi connectivity index (χ3n) is 2.88. The van der Waals surface area contributed by atoms with Crippen LogP contribution in [0.15, 0.2) is 59.5 Å². The first-order valence-electron chi connectivity index (χ1n) is 6.10. The van der Waals surface area contributed by atoms with E-state index in [2.05, 4.69) is 25.9 Å². The van der Waals surface area contributed by atoms with Gasteiger partial charge in [0.1, 0.15) is 11.5 Å². The molecule has 0 atom stereocenters. The molecule has 0 radical (unpaired) electrons. The van der Waals surface area contributed by atoms with Crippen molar-refractivity contribution in [2.45, 2.75) is 6.54 Å². The SMILES string of the molecule is Fc1cc(Br)cc(Cn2ccnc2-c2ccccn2)c1. The molecule has 1 aromatic carbocycles. The van der Waals surface area contributed by atoms with Gasteiger partial charge in [-0.25, -0.2) is 9.37 Å². The highest BCUT2D eigenvalue weighted by molar-refractivity contribution is 9.10. The monoisotopic (exact) mass is 331 g/mol. The Morgan fingerprint density at radius 2 is 2.00 bits per heavy atom. The average Bonchev–Trinajstić information content (AvgIpc) is 2.86. The van der Waals surface area contributed by atoms with Gasteiger partial charge in [0.2, 0.25) is 0 Å². The minimum Gasteiger partial charge on any atom is -0.325 e. The van der Waals surface area contributed by atoms with Crippen molar-refractivity contribution >= 4 is 15.9 Å². The molecule has 3 rings (SSSR count). The van der Waals surface area contributed by atoms with E-state index in [4.69, 9.17) is 0 Å². The summed E-state index contributed by atoms with van der Waals surface area (Å²) in [6.45, 7) is 0.544. The number of rotatable bonds is 3. The lowest BCUT2D eigenvalue weighted by atomic mass is 10.2. The Hall–Kier alpha value is -2.01. The van der Waals surface area contributed by atoms with Gasteiger partial charge in [-0.05, 0) is 35.9 Å². The topological polar surface area (TPSA) is 30.7 Å². The minimum atomic E-state index is -0.256. The molecule has 5 heteroatoms. The van der Waals surface area contributed by atoms with Crippen molar-refractivity contribution in [3.63, 3.8) is 0 Å². The van der Waals surface area contributed by atoms with Gasteiger partial charge in [-0.2, -0.15) is 0 Å². The maximum absolute atomic E-state index is 13.4. The van der Waals surface area contributed by atoms with Crippen molar-refractivity contribution in [3.05, 3.63) is 70.8 Å². The second-order valence-corrected chi connectivity index (χ2v) is 5.29. The quantitative estimate of drug-likeness (QED) is 0.728. The van der Waals surface area contributed by atoms with Crippen LogP contribution in [-0.4, -0.2) is 14.5 Å². The molecule has 0 aliphatic carbocycles. The molecule has 3 aromatic rings. The second kappa shape index (κ2) is 5.54. The summed E-state index contributed by atoms with van der Waals surface area (Å²) in [7, 11) is 0. The summed E-state index contributed by atoms with van der Waals surface area (Å²) in [6, 6.07) is 10.5. The molecule has 0 amide bonds. The van der Waals surface area contributed by atoms with Crippen LogP contribution in [-0.2, 0) is 6.54 Å². The van der Waals surface area contributed by atoms with E-state index in [-0.39, 0.29) is 5.82 Å². The van der Waals surface area contributed by atoms with Gasteiger partial charge >= 0.3 is 0 Å². The van der Waals surface area contributed by atoms with E-state index in [0.29, 0.717) is 6.54 Å². The summed E-state index contributed by atoms with van der Waals surface area (Å²) in [5.41, 5.74) is 1.67. The zero-order chi connectivity index (χ0) is 13.9. The smallest absolute Gasteiger partial charge is 0.158 e. The molecule has 2 aromatic heterocycles. The van der Waals surface area contributed by atoms with Crippen molar-refractivity contribution in [2.24, 2.45) is 0 Å². The molecule has 0 aliphatic heterocycles. The fraction of sp³-hybridized carbons (Fsp3) is 0.0667. The van der Waals surface area contributed by atoms with Gasteiger partial charge in [-0.15, -0.1) is 0 Å². The lowest BCUT2D eigenvalue weighted by molar-refractivity contribution is 0.622. The first-order valence-corrected chi connectivity index (χ1v) is 6.89. The van der Waals surface area contributed by atoms with Crippen LogP contribution in [0, 0.1) is 5.82 Å². The first-order chi connectivity index (χ1) is 9.72. The Morgan fingerprint density at radius 3 is 2.75 bits per heavy atom. The predicted octanol–water partition coefficient (Wildman–Crippen LogP) is 3.90. The lowest BCUT2D eigenvalue weighted by Crippen LogP contribution is -2.02. The van der Waals surface area contributed by atoms with Gasteiger partial charge in [-0.3, -0.25) is 4.98 Å². The van der Waals surface area contributed by atoms with Gasteiger partial charge in [0.15, 0.2) is 5.82 Å². The summed E-state index contributed by atoms with van der Waals surface area (Å²) < 4.78 is 16.1. The summed E-state index contributed by atoms with van der Waals surface area (Å²) in [4.78, 5) is 8.61. The van der Waals surface area contributed by atoms with Gasteiger partial charge in [-0.1, -0.05) is 22.0 Å². The van der Waals surface area contributed by atoms with E-state index in [1.165, 1.54) is 12.1 Å². The third kappa shape index (κ3) is 2.77.